The van der Waals surface area contributed by atoms with Gasteiger partial charge in [-0.2, -0.15) is 0 Å². The van der Waals surface area contributed by atoms with Crippen molar-refractivity contribution in [3.8, 4) is 5.75 Å². The van der Waals surface area contributed by atoms with Gasteiger partial charge in [0.1, 0.15) is 17.5 Å². The van der Waals surface area contributed by atoms with E-state index in [4.69, 9.17) is 16.3 Å². The fourth-order valence-corrected chi connectivity index (χ4v) is 2.61. The van der Waals surface area contributed by atoms with E-state index in [0.29, 0.717) is 11.8 Å². The van der Waals surface area contributed by atoms with Crippen molar-refractivity contribution in [2.24, 2.45) is 0 Å². The summed E-state index contributed by atoms with van der Waals surface area (Å²) in [7, 11) is 0. The van der Waals surface area contributed by atoms with Gasteiger partial charge in [0.05, 0.1) is 4.47 Å². The molecule has 0 radical (unpaired) electrons. The summed E-state index contributed by atoms with van der Waals surface area (Å²) in [4.78, 5) is 3.99. The Labute approximate surface area is 121 Å². The van der Waals surface area contributed by atoms with E-state index in [1.54, 1.807) is 6.20 Å². The van der Waals surface area contributed by atoms with Crippen LogP contribution in [0.25, 0.3) is 0 Å². The van der Waals surface area contributed by atoms with Gasteiger partial charge in [0.25, 0.3) is 0 Å². The number of pyridine rings is 1. The van der Waals surface area contributed by atoms with Crippen LogP contribution in [0.4, 0.5) is 0 Å². The standard InChI is InChI=1S/C12H8Br2ClNO/c13-9-3-4-11(10(14)6-9)17-7-8-2-1-5-16-12(8)15/h1-6H,7H2. The first kappa shape index (κ1) is 12.9. The van der Waals surface area contributed by atoms with Gasteiger partial charge in [0.2, 0.25) is 0 Å². The Kier molecular flexibility index (Phi) is 4.42. The van der Waals surface area contributed by atoms with Crippen LogP contribution in [0.15, 0.2) is 45.5 Å². The third kappa shape index (κ3) is 3.44. The van der Waals surface area contributed by atoms with Gasteiger partial charge in [-0.3, -0.25) is 0 Å². The molecule has 0 aliphatic carbocycles. The summed E-state index contributed by atoms with van der Waals surface area (Å²) in [5, 5.41) is 0.473. The van der Waals surface area contributed by atoms with Gasteiger partial charge >= 0.3 is 0 Å². The molecule has 1 aromatic carbocycles. The zero-order valence-corrected chi connectivity index (χ0v) is 12.6. The van der Waals surface area contributed by atoms with Crippen LogP contribution in [-0.4, -0.2) is 4.98 Å². The molecule has 0 N–H and O–H groups in total. The minimum absolute atomic E-state index is 0.396. The summed E-state index contributed by atoms with van der Waals surface area (Å²) in [5.41, 5.74) is 0.865. The summed E-state index contributed by atoms with van der Waals surface area (Å²) >= 11 is 12.8. The van der Waals surface area contributed by atoms with Gasteiger partial charge in [0.15, 0.2) is 0 Å². The fourth-order valence-electron chi connectivity index (χ4n) is 1.27. The molecular formula is C12H8Br2ClNO. The number of halogens is 3. The van der Waals surface area contributed by atoms with Crippen molar-refractivity contribution in [3.05, 3.63) is 56.2 Å². The highest BCUT2D eigenvalue weighted by Crippen LogP contribution is 2.29. The van der Waals surface area contributed by atoms with Crippen molar-refractivity contribution in [1.29, 1.82) is 0 Å². The van der Waals surface area contributed by atoms with Crippen molar-refractivity contribution in [2.75, 3.05) is 0 Å². The molecule has 2 aromatic rings. The largest absolute Gasteiger partial charge is 0.488 e. The maximum absolute atomic E-state index is 5.95. The predicted molar refractivity (Wildman–Crippen MR) is 75.4 cm³/mol. The van der Waals surface area contributed by atoms with E-state index in [9.17, 15) is 0 Å². The van der Waals surface area contributed by atoms with Gasteiger partial charge < -0.3 is 4.74 Å². The Bertz CT molecular complexity index is 534. The minimum atomic E-state index is 0.396. The molecule has 0 bridgehead atoms. The summed E-state index contributed by atoms with van der Waals surface area (Å²) < 4.78 is 7.56. The molecule has 17 heavy (non-hydrogen) atoms. The lowest BCUT2D eigenvalue weighted by molar-refractivity contribution is 0.304. The topological polar surface area (TPSA) is 22.1 Å². The third-order valence-electron chi connectivity index (χ3n) is 2.11. The monoisotopic (exact) mass is 375 g/mol. The Hall–Kier alpha value is -0.580. The molecule has 1 aromatic heterocycles. The van der Waals surface area contributed by atoms with Crippen molar-refractivity contribution in [2.45, 2.75) is 6.61 Å². The molecule has 0 amide bonds. The van der Waals surface area contributed by atoms with E-state index in [-0.39, 0.29) is 0 Å². The zero-order chi connectivity index (χ0) is 12.3. The molecule has 0 fully saturated rings. The second kappa shape index (κ2) is 5.85. The van der Waals surface area contributed by atoms with Crippen LogP contribution >= 0.6 is 43.5 Å². The number of hydrogen-bond donors (Lipinski definition) is 0. The quantitative estimate of drug-likeness (QED) is 0.714. The summed E-state index contributed by atoms with van der Waals surface area (Å²) in [5.74, 6) is 0.771. The lowest BCUT2D eigenvalue weighted by atomic mass is 10.3. The van der Waals surface area contributed by atoms with E-state index < -0.39 is 0 Å². The molecule has 88 valence electrons. The number of benzene rings is 1. The van der Waals surface area contributed by atoms with Crippen molar-refractivity contribution < 1.29 is 4.74 Å². The number of nitrogens with zero attached hydrogens (tertiary/aromatic N) is 1. The van der Waals surface area contributed by atoms with Crippen molar-refractivity contribution in [3.63, 3.8) is 0 Å². The van der Waals surface area contributed by atoms with Crippen molar-refractivity contribution >= 4 is 43.5 Å². The second-order valence-corrected chi connectivity index (χ2v) is 5.44. The molecule has 0 aliphatic heterocycles. The maximum atomic E-state index is 5.95. The highest BCUT2D eigenvalue weighted by atomic mass is 79.9. The number of hydrogen-bond acceptors (Lipinski definition) is 2. The molecule has 0 saturated heterocycles. The minimum Gasteiger partial charge on any atom is -0.488 e. The number of ether oxygens (including phenoxy) is 1. The molecule has 0 unspecified atom stereocenters. The van der Waals surface area contributed by atoms with Crippen LogP contribution in [-0.2, 0) is 6.61 Å². The van der Waals surface area contributed by atoms with E-state index in [1.165, 1.54) is 0 Å². The molecule has 2 rings (SSSR count). The lowest BCUT2D eigenvalue weighted by Gasteiger charge is -2.09. The summed E-state index contributed by atoms with van der Waals surface area (Å²) in [6.45, 7) is 0.396. The highest BCUT2D eigenvalue weighted by molar-refractivity contribution is 9.11. The molecule has 0 saturated carbocycles. The van der Waals surface area contributed by atoms with E-state index in [0.717, 1.165) is 20.3 Å². The van der Waals surface area contributed by atoms with Gasteiger partial charge in [-0.05, 0) is 40.2 Å². The summed E-state index contributed by atoms with van der Waals surface area (Å²) in [6, 6.07) is 9.47. The molecule has 0 aliphatic rings. The number of aromatic nitrogens is 1. The third-order valence-corrected chi connectivity index (χ3v) is 3.57. The molecule has 2 nitrogen and oxygen atoms in total. The lowest BCUT2D eigenvalue weighted by Crippen LogP contribution is -1.97. The highest BCUT2D eigenvalue weighted by Gasteiger charge is 2.04. The van der Waals surface area contributed by atoms with E-state index in [1.807, 2.05) is 30.3 Å². The predicted octanol–water partition coefficient (Wildman–Crippen LogP) is 4.84. The average Bonchev–Trinajstić information content (AvgIpc) is 2.30. The van der Waals surface area contributed by atoms with Crippen LogP contribution in [0.3, 0.4) is 0 Å². The Morgan fingerprint density at radius 2 is 2.06 bits per heavy atom. The SMILES string of the molecule is Clc1ncccc1COc1ccc(Br)cc1Br. The number of rotatable bonds is 3. The first-order valence-electron chi connectivity index (χ1n) is 4.84. The smallest absolute Gasteiger partial charge is 0.135 e. The molecule has 0 atom stereocenters. The average molecular weight is 377 g/mol. The molecule has 5 heteroatoms. The zero-order valence-electron chi connectivity index (χ0n) is 8.66. The first-order valence-corrected chi connectivity index (χ1v) is 6.80. The molecule has 0 spiro atoms. The van der Waals surface area contributed by atoms with Gasteiger partial charge in [-0.15, -0.1) is 0 Å². The molecular weight excluding hydrogens is 369 g/mol. The van der Waals surface area contributed by atoms with E-state index >= 15 is 0 Å². The maximum Gasteiger partial charge on any atom is 0.135 e. The normalized spacial score (nSPS) is 10.3. The van der Waals surface area contributed by atoms with Crippen molar-refractivity contribution in [1.82, 2.24) is 4.98 Å². The fraction of sp³-hybridized carbons (Fsp3) is 0.0833. The van der Waals surface area contributed by atoms with Crippen LogP contribution in [0.1, 0.15) is 5.56 Å². The Balaban J connectivity index is 2.10. The molecule has 1 heterocycles. The first-order chi connectivity index (χ1) is 8.16. The second-order valence-electron chi connectivity index (χ2n) is 3.32. The van der Waals surface area contributed by atoms with Crippen LogP contribution in [0.2, 0.25) is 5.15 Å². The Morgan fingerprint density at radius 3 is 2.76 bits per heavy atom. The summed E-state index contributed by atoms with van der Waals surface area (Å²) in [6.07, 6.45) is 1.65. The van der Waals surface area contributed by atoms with Crippen LogP contribution in [0.5, 0.6) is 5.75 Å². The van der Waals surface area contributed by atoms with E-state index in [2.05, 4.69) is 36.8 Å². The Morgan fingerprint density at radius 1 is 1.24 bits per heavy atom. The van der Waals surface area contributed by atoms with Crippen LogP contribution < -0.4 is 4.74 Å². The van der Waals surface area contributed by atoms with Gasteiger partial charge in [-0.1, -0.05) is 33.6 Å². The van der Waals surface area contributed by atoms with Gasteiger partial charge in [-0.25, -0.2) is 4.98 Å². The van der Waals surface area contributed by atoms with Crippen LogP contribution in [0, 0.1) is 0 Å². The van der Waals surface area contributed by atoms with Gasteiger partial charge in [0, 0.05) is 16.2 Å².